The van der Waals surface area contributed by atoms with E-state index in [-0.39, 0.29) is 12.4 Å². The molecule has 1 heterocycles. The Morgan fingerprint density at radius 1 is 1.56 bits per heavy atom. The molecule has 0 saturated carbocycles. The van der Waals surface area contributed by atoms with Crippen LogP contribution in [0.25, 0.3) is 0 Å². The molecule has 4 heteroatoms. The number of nitrogens with zero attached hydrogens (tertiary/aromatic N) is 1. The summed E-state index contributed by atoms with van der Waals surface area (Å²) in [5.41, 5.74) is 1.79. The van der Waals surface area contributed by atoms with E-state index in [1.165, 1.54) is 0 Å². The third-order valence-corrected chi connectivity index (χ3v) is 2.73. The standard InChI is InChI=1S/C12H17ClN2O/c1-3-4-5-11(13)12(14)15-6-9(2)10(7-15)8-16/h5-7,14,16H,3-4,8H2,1-2H3. The van der Waals surface area contributed by atoms with Crippen LogP contribution in [0.15, 0.2) is 23.5 Å². The maximum absolute atomic E-state index is 9.06. The highest BCUT2D eigenvalue weighted by Crippen LogP contribution is 2.13. The summed E-state index contributed by atoms with van der Waals surface area (Å²) in [5.74, 6) is 0.248. The fraction of sp³-hybridized carbons (Fsp3) is 0.417. The summed E-state index contributed by atoms with van der Waals surface area (Å²) in [6.07, 6.45) is 7.26. The van der Waals surface area contributed by atoms with Crippen LogP contribution in [0.2, 0.25) is 0 Å². The maximum atomic E-state index is 9.06. The van der Waals surface area contributed by atoms with E-state index < -0.39 is 0 Å². The van der Waals surface area contributed by atoms with Crippen molar-refractivity contribution in [2.75, 3.05) is 0 Å². The first-order chi connectivity index (χ1) is 7.60. The second kappa shape index (κ2) is 5.87. The average Bonchev–Trinajstić information content (AvgIpc) is 2.66. The van der Waals surface area contributed by atoms with Gasteiger partial charge in [0.1, 0.15) is 5.84 Å². The molecule has 0 aliphatic rings. The van der Waals surface area contributed by atoms with Gasteiger partial charge in [0.15, 0.2) is 0 Å². The first kappa shape index (κ1) is 13.0. The van der Waals surface area contributed by atoms with Gasteiger partial charge in [-0.05, 0) is 24.5 Å². The molecule has 0 radical (unpaired) electrons. The molecule has 88 valence electrons. The molecule has 1 rings (SSSR count). The van der Waals surface area contributed by atoms with Crippen LogP contribution in [0.4, 0.5) is 0 Å². The number of aryl methyl sites for hydroxylation is 1. The van der Waals surface area contributed by atoms with E-state index in [0.29, 0.717) is 5.03 Å². The Labute approximate surface area is 101 Å². The zero-order chi connectivity index (χ0) is 12.1. The highest BCUT2D eigenvalue weighted by Gasteiger charge is 2.07. The number of hydrogen-bond acceptors (Lipinski definition) is 2. The van der Waals surface area contributed by atoms with E-state index >= 15 is 0 Å². The minimum absolute atomic E-state index is 0.0115. The molecule has 1 aromatic rings. The second-order valence-corrected chi connectivity index (χ2v) is 4.13. The van der Waals surface area contributed by atoms with Gasteiger partial charge in [0, 0.05) is 12.4 Å². The van der Waals surface area contributed by atoms with Crippen LogP contribution in [-0.4, -0.2) is 15.5 Å². The number of aromatic nitrogens is 1. The van der Waals surface area contributed by atoms with Crippen molar-refractivity contribution in [1.29, 1.82) is 5.41 Å². The summed E-state index contributed by atoms with van der Waals surface area (Å²) in [6, 6.07) is 0. The van der Waals surface area contributed by atoms with Gasteiger partial charge < -0.3 is 9.67 Å². The number of halogens is 1. The second-order valence-electron chi connectivity index (χ2n) is 3.72. The van der Waals surface area contributed by atoms with E-state index in [0.717, 1.165) is 24.0 Å². The van der Waals surface area contributed by atoms with Crippen LogP contribution in [0, 0.1) is 12.3 Å². The largest absolute Gasteiger partial charge is 0.392 e. The number of unbranched alkanes of at least 4 members (excludes halogenated alkanes) is 1. The van der Waals surface area contributed by atoms with Crippen LogP contribution in [0.5, 0.6) is 0 Å². The number of allylic oxidation sites excluding steroid dienone is 2. The first-order valence-corrected chi connectivity index (χ1v) is 5.71. The fourth-order valence-electron chi connectivity index (χ4n) is 1.38. The molecule has 3 nitrogen and oxygen atoms in total. The SMILES string of the molecule is CCCC=C(Cl)C(=N)n1cc(C)c(CO)c1. The van der Waals surface area contributed by atoms with Crippen LogP contribution in [0.3, 0.4) is 0 Å². The molecule has 0 saturated heterocycles. The van der Waals surface area contributed by atoms with Crippen LogP contribution >= 0.6 is 11.6 Å². The summed E-state index contributed by atoms with van der Waals surface area (Å²) >= 11 is 6.00. The number of nitrogens with one attached hydrogen (secondary N) is 1. The lowest BCUT2D eigenvalue weighted by atomic mass is 10.2. The third kappa shape index (κ3) is 2.97. The normalized spacial score (nSPS) is 11.9. The Morgan fingerprint density at radius 2 is 2.25 bits per heavy atom. The van der Waals surface area contributed by atoms with Crippen molar-refractivity contribution in [2.24, 2.45) is 0 Å². The molecule has 0 aliphatic carbocycles. The summed E-state index contributed by atoms with van der Waals surface area (Å²) in [4.78, 5) is 0. The molecular weight excluding hydrogens is 224 g/mol. The molecular formula is C12H17ClN2O. The molecule has 1 aromatic heterocycles. The predicted octanol–water partition coefficient (Wildman–Crippen LogP) is 3.04. The monoisotopic (exact) mass is 240 g/mol. The van der Waals surface area contributed by atoms with E-state index in [2.05, 4.69) is 6.92 Å². The first-order valence-electron chi connectivity index (χ1n) is 5.33. The van der Waals surface area contributed by atoms with Gasteiger partial charge in [-0.15, -0.1) is 0 Å². The molecule has 0 atom stereocenters. The minimum Gasteiger partial charge on any atom is -0.392 e. The van der Waals surface area contributed by atoms with Gasteiger partial charge in [-0.1, -0.05) is 31.0 Å². The smallest absolute Gasteiger partial charge is 0.147 e. The molecule has 16 heavy (non-hydrogen) atoms. The van der Waals surface area contributed by atoms with Crippen molar-refractivity contribution in [3.05, 3.63) is 34.6 Å². The van der Waals surface area contributed by atoms with Gasteiger partial charge in [0.05, 0.1) is 11.6 Å². The molecule has 0 aliphatic heterocycles. The number of rotatable bonds is 4. The molecule has 0 spiro atoms. The lowest BCUT2D eigenvalue weighted by Crippen LogP contribution is -2.08. The van der Waals surface area contributed by atoms with Gasteiger partial charge in [-0.25, -0.2) is 0 Å². The van der Waals surface area contributed by atoms with Crippen molar-refractivity contribution >= 4 is 17.4 Å². The van der Waals surface area contributed by atoms with Crippen molar-refractivity contribution in [3.8, 4) is 0 Å². The maximum Gasteiger partial charge on any atom is 0.147 e. The quantitative estimate of drug-likeness (QED) is 0.617. The lowest BCUT2D eigenvalue weighted by Gasteiger charge is -2.03. The van der Waals surface area contributed by atoms with Gasteiger partial charge in [0.2, 0.25) is 0 Å². The van der Waals surface area contributed by atoms with Crippen molar-refractivity contribution in [1.82, 2.24) is 4.57 Å². The fourth-order valence-corrected chi connectivity index (χ4v) is 1.59. The zero-order valence-electron chi connectivity index (χ0n) is 9.63. The summed E-state index contributed by atoms with van der Waals surface area (Å²) < 4.78 is 1.63. The van der Waals surface area contributed by atoms with E-state index in [4.69, 9.17) is 22.1 Å². The summed E-state index contributed by atoms with van der Waals surface area (Å²) in [7, 11) is 0. The van der Waals surface area contributed by atoms with Crippen molar-refractivity contribution in [3.63, 3.8) is 0 Å². The Balaban J connectivity index is 2.88. The third-order valence-electron chi connectivity index (χ3n) is 2.40. The van der Waals surface area contributed by atoms with Crippen LogP contribution in [0.1, 0.15) is 30.9 Å². The Kier molecular flexibility index (Phi) is 4.77. The van der Waals surface area contributed by atoms with Gasteiger partial charge in [0.25, 0.3) is 0 Å². The van der Waals surface area contributed by atoms with Crippen LogP contribution in [-0.2, 0) is 6.61 Å². The lowest BCUT2D eigenvalue weighted by molar-refractivity contribution is 0.281. The highest BCUT2D eigenvalue weighted by molar-refractivity contribution is 6.42. The Morgan fingerprint density at radius 3 is 2.75 bits per heavy atom. The predicted molar refractivity (Wildman–Crippen MR) is 67.1 cm³/mol. The van der Waals surface area contributed by atoms with Gasteiger partial charge >= 0.3 is 0 Å². The molecule has 0 bridgehead atoms. The number of aliphatic hydroxyl groups is 1. The number of aliphatic hydroxyl groups excluding tert-OH is 1. The summed E-state index contributed by atoms with van der Waals surface area (Å²) in [5, 5.41) is 17.4. The molecule has 0 unspecified atom stereocenters. The average molecular weight is 241 g/mol. The van der Waals surface area contributed by atoms with Gasteiger partial charge in [-0.2, -0.15) is 0 Å². The topological polar surface area (TPSA) is 49.0 Å². The van der Waals surface area contributed by atoms with Crippen molar-refractivity contribution < 1.29 is 5.11 Å². The molecule has 2 N–H and O–H groups in total. The van der Waals surface area contributed by atoms with Gasteiger partial charge in [-0.3, -0.25) is 5.41 Å². The number of hydrogen-bond donors (Lipinski definition) is 2. The van der Waals surface area contributed by atoms with Crippen molar-refractivity contribution in [2.45, 2.75) is 33.3 Å². The minimum atomic E-state index is -0.0115. The molecule has 0 amide bonds. The van der Waals surface area contributed by atoms with E-state index in [9.17, 15) is 0 Å². The zero-order valence-corrected chi connectivity index (χ0v) is 10.4. The summed E-state index contributed by atoms with van der Waals surface area (Å²) in [6.45, 7) is 3.95. The Hall–Kier alpha value is -1.06. The molecule has 0 fully saturated rings. The van der Waals surface area contributed by atoms with Crippen LogP contribution < -0.4 is 0 Å². The molecule has 0 aromatic carbocycles. The highest BCUT2D eigenvalue weighted by atomic mass is 35.5. The Bertz CT molecular complexity index is 407. The van der Waals surface area contributed by atoms with E-state index in [1.54, 1.807) is 17.0 Å². The van der Waals surface area contributed by atoms with E-state index in [1.807, 2.05) is 13.0 Å².